The maximum absolute atomic E-state index is 5.32. The molecule has 1 aliphatic heterocycles. The Kier molecular flexibility index (Phi) is 4.19. The van der Waals surface area contributed by atoms with Crippen LogP contribution in [0.25, 0.3) is 0 Å². The Balaban J connectivity index is 1.84. The third-order valence-corrected chi connectivity index (χ3v) is 5.17. The Morgan fingerprint density at radius 3 is 2.24 bits per heavy atom. The van der Waals surface area contributed by atoms with Crippen LogP contribution < -0.4 is 9.64 Å². The summed E-state index contributed by atoms with van der Waals surface area (Å²) < 4.78 is 5.32. The van der Waals surface area contributed by atoms with E-state index in [0.29, 0.717) is 0 Å². The molecule has 0 saturated carbocycles. The van der Waals surface area contributed by atoms with Crippen molar-refractivity contribution in [1.82, 2.24) is 0 Å². The first-order valence-corrected chi connectivity index (χ1v) is 8.82. The lowest BCUT2D eigenvalue weighted by Crippen LogP contribution is -2.36. The van der Waals surface area contributed by atoms with Crippen molar-refractivity contribution in [2.24, 2.45) is 0 Å². The molecule has 3 aromatic rings. The van der Waals surface area contributed by atoms with Crippen LogP contribution in [-0.2, 0) is 6.42 Å². The van der Waals surface area contributed by atoms with Gasteiger partial charge in [-0.2, -0.15) is 0 Å². The molecular formula is C23H23NO. The highest BCUT2D eigenvalue weighted by Crippen LogP contribution is 2.39. The van der Waals surface area contributed by atoms with Crippen LogP contribution in [0.5, 0.6) is 5.75 Å². The summed E-state index contributed by atoms with van der Waals surface area (Å²) >= 11 is 0. The van der Waals surface area contributed by atoms with Gasteiger partial charge in [0.15, 0.2) is 0 Å². The van der Waals surface area contributed by atoms with Gasteiger partial charge in [-0.3, -0.25) is 0 Å². The van der Waals surface area contributed by atoms with Crippen LogP contribution in [0.15, 0.2) is 72.8 Å². The molecule has 2 heteroatoms. The first-order chi connectivity index (χ1) is 12.3. The number of nitrogens with zero attached hydrogens (tertiary/aromatic N) is 1. The molecule has 0 bridgehead atoms. The number of rotatable bonds is 3. The smallest absolute Gasteiger partial charge is 0.119 e. The standard InChI is InChI=1S/C23H23NO/c1-17-7-3-5-9-21(17)23-22-10-6-4-8-18(22)15-16-24(23)19-11-13-20(25-2)14-12-19/h3-14,23H,15-16H2,1-2H3. The van der Waals surface area contributed by atoms with Gasteiger partial charge in [-0.15, -0.1) is 0 Å². The summed E-state index contributed by atoms with van der Waals surface area (Å²) in [6.45, 7) is 3.22. The Hall–Kier alpha value is -2.74. The molecule has 0 N–H and O–H groups in total. The number of methoxy groups -OCH3 is 1. The molecule has 0 saturated heterocycles. The molecule has 1 aliphatic rings. The fraction of sp³-hybridized carbons (Fsp3) is 0.217. The molecular weight excluding hydrogens is 306 g/mol. The monoisotopic (exact) mass is 329 g/mol. The van der Waals surface area contributed by atoms with Gasteiger partial charge in [-0.1, -0.05) is 48.5 Å². The lowest BCUT2D eigenvalue weighted by molar-refractivity contribution is 0.414. The van der Waals surface area contributed by atoms with Crippen molar-refractivity contribution in [3.63, 3.8) is 0 Å². The number of ether oxygens (including phenoxy) is 1. The van der Waals surface area contributed by atoms with E-state index in [2.05, 4.69) is 72.5 Å². The summed E-state index contributed by atoms with van der Waals surface area (Å²) in [6, 6.07) is 26.3. The maximum atomic E-state index is 5.32. The van der Waals surface area contributed by atoms with Crippen molar-refractivity contribution in [1.29, 1.82) is 0 Å². The van der Waals surface area contributed by atoms with Gasteiger partial charge in [-0.05, 0) is 59.9 Å². The van der Waals surface area contributed by atoms with Gasteiger partial charge in [0.05, 0.1) is 13.2 Å². The number of hydrogen-bond donors (Lipinski definition) is 0. The van der Waals surface area contributed by atoms with Crippen LogP contribution in [-0.4, -0.2) is 13.7 Å². The van der Waals surface area contributed by atoms with Crippen LogP contribution in [0, 0.1) is 6.92 Å². The Bertz CT molecular complexity index is 869. The average Bonchev–Trinajstić information content (AvgIpc) is 2.68. The van der Waals surface area contributed by atoms with Crippen molar-refractivity contribution in [3.8, 4) is 5.75 Å². The van der Waals surface area contributed by atoms with E-state index >= 15 is 0 Å². The first-order valence-electron chi connectivity index (χ1n) is 8.82. The van der Waals surface area contributed by atoms with Gasteiger partial charge >= 0.3 is 0 Å². The second-order valence-electron chi connectivity index (χ2n) is 6.60. The van der Waals surface area contributed by atoms with Crippen LogP contribution in [0.1, 0.15) is 28.3 Å². The summed E-state index contributed by atoms with van der Waals surface area (Å²) in [6.07, 6.45) is 1.07. The third-order valence-electron chi connectivity index (χ3n) is 5.17. The molecule has 0 spiro atoms. The Labute approximate surface area is 149 Å². The molecule has 3 aromatic carbocycles. The minimum absolute atomic E-state index is 0.250. The molecule has 1 heterocycles. The van der Waals surface area contributed by atoms with E-state index in [1.165, 1.54) is 27.9 Å². The van der Waals surface area contributed by atoms with Gasteiger partial charge in [0.2, 0.25) is 0 Å². The molecule has 0 aromatic heterocycles. The van der Waals surface area contributed by atoms with Crippen LogP contribution in [0.2, 0.25) is 0 Å². The van der Waals surface area contributed by atoms with Gasteiger partial charge in [-0.25, -0.2) is 0 Å². The second-order valence-corrected chi connectivity index (χ2v) is 6.60. The molecule has 0 amide bonds. The zero-order valence-corrected chi connectivity index (χ0v) is 14.8. The topological polar surface area (TPSA) is 12.5 Å². The highest BCUT2D eigenvalue weighted by atomic mass is 16.5. The summed E-state index contributed by atoms with van der Waals surface area (Å²) in [5.74, 6) is 0.897. The highest BCUT2D eigenvalue weighted by molar-refractivity contribution is 5.57. The summed E-state index contributed by atoms with van der Waals surface area (Å²) in [7, 11) is 1.71. The van der Waals surface area contributed by atoms with Crippen molar-refractivity contribution < 1.29 is 4.74 Å². The normalized spacial score (nSPS) is 16.4. The van der Waals surface area contributed by atoms with Crippen LogP contribution >= 0.6 is 0 Å². The van der Waals surface area contributed by atoms with E-state index in [9.17, 15) is 0 Å². The number of benzene rings is 3. The van der Waals surface area contributed by atoms with Gasteiger partial charge in [0.25, 0.3) is 0 Å². The van der Waals surface area contributed by atoms with Crippen molar-refractivity contribution in [2.45, 2.75) is 19.4 Å². The van der Waals surface area contributed by atoms with E-state index in [-0.39, 0.29) is 6.04 Å². The SMILES string of the molecule is COc1ccc(N2CCc3ccccc3C2c2ccccc2C)cc1. The average molecular weight is 329 g/mol. The van der Waals surface area contributed by atoms with Crippen LogP contribution in [0.3, 0.4) is 0 Å². The number of hydrogen-bond acceptors (Lipinski definition) is 2. The minimum atomic E-state index is 0.250. The van der Waals surface area contributed by atoms with Gasteiger partial charge in [0.1, 0.15) is 5.75 Å². The Morgan fingerprint density at radius 1 is 0.840 bits per heavy atom. The largest absolute Gasteiger partial charge is 0.497 e. The molecule has 126 valence electrons. The molecule has 1 atom stereocenters. The number of aryl methyl sites for hydroxylation is 1. The van der Waals surface area contributed by atoms with E-state index in [4.69, 9.17) is 4.74 Å². The maximum Gasteiger partial charge on any atom is 0.119 e. The first kappa shape index (κ1) is 15.8. The lowest BCUT2D eigenvalue weighted by atomic mass is 9.86. The van der Waals surface area contributed by atoms with Crippen molar-refractivity contribution in [2.75, 3.05) is 18.6 Å². The number of fused-ring (bicyclic) bond motifs is 1. The van der Waals surface area contributed by atoms with E-state index < -0.39 is 0 Å². The van der Waals surface area contributed by atoms with Crippen molar-refractivity contribution >= 4 is 5.69 Å². The molecule has 0 fully saturated rings. The van der Waals surface area contributed by atoms with Crippen molar-refractivity contribution in [3.05, 3.63) is 95.1 Å². The van der Waals surface area contributed by atoms with Gasteiger partial charge < -0.3 is 9.64 Å². The quantitative estimate of drug-likeness (QED) is 0.658. The van der Waals surface area contributed by atoms with E-state index in [0.717, 1.165) is 18.7 Å². The molecule has 2 nitrogen and oxygen atoms in total. The van der Waals surface area contributed by atoms with Gasteiger partial charge in [0, 0.05) is 12.2 Å². The lowest BCUT2D eigenvalue weighted by Gasteiger charge is -2.40. The molecule has 0 aliphatic carbocycles. The van der Waals surface area contributed by atoms with E-state index in [1.54, 1.807) is 7.11 Å². The molecule has 1 unspecified atom stereocenters. The zero-order valence-electron chi connectivity index (χ0n) is 14.8. The Morgan fingerprint density at radius 2 is 1.52 bits per heavy atom. The molecule has 0 radical (unpaired) electrons. The fourth-order valence-electron chi connectivity index (χ4n) is 3.85. The predicted molar refractivity (Wildman–Crippen MR) is 104 cm³/mol. The third kappa shape index (κ3) is 2.89. The zero-order chi connectivity index (χ0) is 17.2. The summed E-state index contributed by atoms with van der Waals surface area (Å²) in [5, 5.41) is 0. The van der Waals surface area contributed by atoms with Crippen LogP contribution in [0.4, 0.5) is 5.69 Å². The predicted octanol–water partition coefficient (Wildman–Crippen LogP) is 5.16. The van der Waals surface area contributed by atoms with E-state index in [1.807, 2.05) is 12.1 Å². The minimum Gasteiger partial charge on any atom is -0.497 e. The summed E-state index contributed by atoms with van der Waals surface area (Å²) in [5.41, 5.74) is 6.83. The highest BCUT2D eigenvalue weighted by Gasteiger charge is 2.29. The second kappa shape index (κ2) is 6.64. The molecule has 25 heavy (non-hydrogen) atoms. The molecule has 4 rings (SSSR count). The number of anilines is 1. The fourth-order valence-corrected chi connectivity index (χ4v) is 3.85. The summed E-state index contributed by atoms with van der Waals surface area (Å²) in [4.78, 5) is 2.52.